The highest BCUT2D eigenvalue weighted by atomic mass is 32.2. The first-order chi connectivity index (χ1) is 12.4. The Kier molecular flexibility index (Phi) is 4.70. The van der Waals surface area contributed by atoms with Gasteiger partial charge in [0.1, 0.15) is 22.8 Å². The smallest absolute Gasteiger partial charge is 0.352 e. The zero-order valence-corrected chi connectivity index (χ0v) is 14.7. The molecule has 26 heavy (non-hydrogen) atoms. The van der Waals surface area contributed by atoms with E-state index in [0.29, 0.717) is 11.3 Å². The number of hydrogen-bond acceptors (Lipinski definition) is 9. The lowest BCUT2D eigenvalue weighted by Crippen LogP contribution is -2.71. The lowest BCUT2D eigenvalue weighted by Gasteiger charge is -2.49. The number of nitrogens with zero attached hydrogens (tertiary/aromatic N) is 3. The quantitative estimate of drug-likeness (QED) is 0.231. The second kappa shape index (κ2) is 6.80. The number of aromatic nitrogens is 1. The predicted octanol–water partition coefficient (Wildman–Crippen LogP) is -0.172. The van der Waals surface area contributed by atoms with Gasteiger partial charge in [0, 0.05) is 11.1 Å². The van der Waals surface area contributed by atoms with E-state index in [0.717, 1.165) is 16.2 Å². The second-order valence-corrected chi connectivity index (χ2v) is 7.26. The highest BCUT2D eigenvalue weighted by Gasteiger charge is 2.54. The number of anilines is 1. The van der Waals surface area contributed by atoms with Gasteiger partial charge in [-0.3, -0.25) is 14.5 Å². The first kappa shape index (κ1) is 17.9. The zero-order valence-electron chi connectivity index (χ0n) is 13.1. The molecule has 0 aliphatic carbocycles. The monoisotopic (exact) mass is 395 g/mol. The maximum atomic E-state index is 12.4. The topological polar surface area (TPSA) is 158 Å². The molecule has 0 bridgehead atoms. The molecule has 2 aliphatic rings. The largest absolute Gasteiger partial charge is 0.477 e. The van der Waals surface area contributed by atoms with Crippen LogP contribution >= 0.6 is 23.1 Å². The van der Waals surface area contributed by atoms with E-state index in [2.05, 4.69) is 22.0 Å². The van der Waals surface area contributed by atoms with Gasteiger partial charge in [0.05, 0.1) is 0 Å². The summed E-state index contributed by atoms with van der Waals surface area (Å²) in [7, 11) is 0. The number of allylic oxidation sites excluding steroid dienone is 1. The van der Waals surface area contributed by atoms with Gasteiger partial charge in [0.15, 0.2) is 10.8 Å². The van der Waals surface area contributed by atoms with Gasteiger partial charge in [-0.05, 0) is 5.57 Å². The van der Waals surface area contributed by atoms with Crippen LogP contribution in [0.25, 0.3) is 0 Å². The van der Waals surface area contributed by atoms with Crippen LogP contribution < -0.4 is 11.1 Å². The summed E-state index contributed by atoms with van der Waals surface area (Å²) in [6.07, 6.45) is 1.40. The molecule has 0 aromatic carbocycles. The molecule has 0 saturated carbocycles. The molecule has 5 N–H and O–H groups in total. The van der Waals surface area contributed by atoms with Gasteiger partial charge in [-0.25, -0.2) is 9.78 Å². The van der Waals surface area contributed by atoms with Crippen molar-refractivity contribution in [2.45, 2.75) is 11.4 Å². The van der Waals surface area contributed by atoms with Crippen molar-refractivity contribution in [3.63, 3.8) is 0 Å². The molecule has 3 rings (SSSR count). The first-order valence-corrected chi connectivity index (χ1v) is 9.09. The van der Waals surface area contributed by atoms with Crippen molar-refractivity contribution in [3.8, 4) is 0 Å². The van der Waals surface area contributed by atoms with Crippen molar-refractivity contribution in [2.24, 2.45) is 5.16 Å². The predicted molar refractivity (Wildman–Crippen MR) is 94.7 cm³/mol. The zero-order chi connectivity index (χ0) is 19.0. The fourth-order valence-electron chi connectivity index (χ4n) is 2.62. The number of nitrogens with one attached hydrogen (secondary N) is 1. The van der Waals surface area contributed by atoms with E-state index in [9.17, 15) is 19.5 Å². The molecule has 1 fully saturated rings. The third kappa shape index (κ3) is 2.82. The number of carbonyl (C=O) groups excluding carboxylic acids is 2. The number of rotatable bonds is 5. The molecule has 10 nitrogen and oxygen atoms in total. The average Bonchev–Trinajstić information content (AvgIpc) is 3.04. The Labute approximate surface area is 155 Å². The molecule has 2 atom stereocenters. The van der Waals surface area contributed by atoms with Crippen LogP contribution in [-0.2, 0) is 14.4 Å². The number of carbonyl (C=O) groups is 3. The van der Waals surface area contributed by atoms with Crippen molar-refractivity contribution in [2.75, 3.05) is 11.5 Å². The van der Waals surface area contributed by atoms with Crippen LogP contribution in [0.3, 0.4) is 0 Å². The normalized spacial score (nSPS) is 22.5. The van der Waals surface area contributed by atoms with Gasteiger partial charge in [0.25, 0.3) is 11.8 Å². The molecule has 0 spiro atoms. The Hall–Kier alpha value is -2.86. The third-order valence-electron chi connectivity index (χ3n) is 3.81. The summed E-state index contributed by atoms with van der Waals surface area (Å²) in [5.74, 6) is -2.27. The van der Waals surface area contributed by atoms with Crippen molar-refractivity contribution >= 4 is 51.7 Å². The third-order valence-corrected chi connectivity index (χ3v) is 5.79. The molecule has 0 radical (unpaired) electrons. The molecule has 0 unspecified atom stereocenters. The lowest BCUT2D eigenvalue weighted by molar-refractivity contribution is -0.150. The summed E-state index contributed by atoms with van der Waals surface area (Å²) in [4.78, 5) is 41.2. The maximum absolute atomic E-state index is 12.4. The van der Waals surface area contributed by atoms with Crippen LogP contribution in [0.1, 0.15) is 5.69 Å². The highest BCUT2D eigenvalue weighted by molar-refractivity contribution is 8.00. The summed E-state index contributed by atoms with van der Waals surface area (Å²) in [6, 6.07) is -0.944. The molecule has 1 saturated heterocycles. The van der Waals surface area contributed by atoms with Gasteiger partial charge in [-0.2, -0.15) is 0 Å². The van der Waals surface area contributed by atoms with E-state index >= 15 is 0 Å². The number of thioether (sulfide) groups is 1. The fourth-order valence-corrected chi connectivity index (χ4v) is 4.51. The number of thiazole rings is 1. The molecule has 12 heteroatoms. The van der Waals surface area contributed by atoms with E-state index in [1.165, 1.54) is 23.2 Å². The van der Waals surface area contributed by atoms with Crippen LogP contribution in [0.5, 0.6) is 0 Å². The summed E-state index contributed by atoms with van der Waals surface area (Å²) < 4.78 is 0. The molecule has 1 aromatic heterocycles. The van der Waals surface area contributed by atoms with Crippen LogP contribution in [0, 0.1) is 0 Å². The number of fused-ring (bicyclic) bond motifs is 1. The molecular formula is C14H13N5O5S2. The van der Waals surface area contributed by atoms with Crippen LogP contribution in [-0.4, -0.2) is 60.9 Å². The van der Waals surface area contributed by atoms with Crippen molar-refractivity contribution in [1.82, 2.24) is 15.2 Å². The average molecular weight is 395 g/mol. The van der Waals surface area contributed by atoms with E-state index in [1.807, 2.05) is 0 Å². The first-order valence-electron chi connectivity index (χ1n) is 7.16. The molecule has 2 amide bonds. The molecular weight excluding hydrogens is 382 g/mol. The Morgan fingerprint density at radius 2 is 2.27 bits per heavy atom. The number of nitrogen functional groups attached to an aromatic ring is 1. The van der Waals surface area contributed by atoms with Gasteiger partial charge in [-0.1, -0.05) is 17.8 Å². The summed E-state index contributed by atoms with van der Waals surface area (Å²) in [6.45, 7) is 3.56. The van der Waals surface area contributed by atoms with Crippen molar-refractivity contribution in [1.29, 1.82) is 0 Å². The Morgan fingerprint density at radius 3 is 2.81 bits per heavy atom. The number of carboxylic acid groups (broad SMARTS) is 1. The minimum absolute atomic E-state index is 0.0764. The van der Waals surface area contributed by atoms with Gasteiger partial charge in [-0.15, -0.1) is 23.1 Å². The molecule has 2 aliphatic heterocycles. The SMILES string of the molecule is C=CC1=C(C(=O)O)N2C(=O)[C@H](NC(=O)/C(=N\O)c3csc(N)n3)[C@H]2SC1. The van der Waals surface area contributed by atoms with E-state index in [-0.39, 0.29) is 22.2 Å². The summed E-state index contributed by atoms with van der Waals surface area (Å²) in [5, 5.41) is 24.9. The van der Waals surface area contributed by atoms with Gasteiger partial charge < -0.3 is 21.4 Å². The Morgan fingerprint density at radius 1 is 1.54 bits per heavy atom. The van der Waals surface area contributed by atoms with Gasteiger partial charge in [0.2, 0.25) is 0 Å². The fraction of sp³-hybridized carbons (Fsp3) is 0.214. The van der Waals surface area contributed by atoms with Crippen LogP contribution in [0.15, 0.2) is 34.5 Å². The van der Waals surface area contributed by atoms with Crippen LogP contribution in [0.4, 0.5) is 5.13 Å². The number of oxime groups is 1. The van der Waals surface area contributed by atoms with Crippen molar-refractivity contribution in [3.05, 3.63) is 35.0 Å². The number of hydrogen-bond donors (Lipinski definition) is 4. The summed E-state index contributed by atoms with van der Waals surface area (Å²) >= 11 is 2.37. The van der Waals surface area contributed by atoms with Crippen LogP contribution in [0.2, 0.25) is 0 Å². The number of amides is 2. The van der Waals surface area contributed by atoms with E-state index in [4.69, 9.17) is 10.9 Å². The standard InChI is InChI=1S/C14H13N5O5S2/c1-2-5-3-25-12-8(11(21)19(12)9(5)13(22)23)17-10(20)7(18-24)6-4-26-14(15)16-6/h2,4,8,12,24H,1,3H2,(H2,15,16)(H,17,20)(H,22,23)/b18-7-/t8-,12+/m0/s1. The van der Waals surface area contributed by atoms with Crippen molar-refractivity contribution < 1.29 is 24.7 Å². The number of β-lactam (4-membered cyclic amide) rings is 1. The van der Waals surface area contributed by atoms with Gasteiger partial charge >= 0.3 is 5.97 Å². The molecule has 136 valence electrons. The number of carboxylic acids is 1. The van der Waals surface area contributed by atoms with E-state index in [1.54, 1.807) is 0 Å². The maximum Gasteiger partial charge on any atom is 0.352 e. The highest BCUT2D eigenvalue weighted by Crippen LogP contribution is 2.40. The Balaban J connectivity index is 1.78. The molecule has 3 heterocycles. The minimum atomic E-state index is -1.24. The minimum Gasteiger partial charge on any atom is -0.477 e. The summed E-state index contributed by atoms with van der Waals surface area (Å²) in [5.41, 5.74) is 5.49. The second-order valence-electron chi connectivity index (χ2n) is 5.26. The van der Waals surface area contributed by atoms with E-state index < -0.39 is 29.2 Å². The Bertz CT molecular complexity index is 877. The number of aliphatic carboxylic acids is 1. The molecule has 1 aromatic rings. The lowest BCUT2D eigenvalue weighted by atomic mass is 10.0. The number of nitrogens with two attached hydrogens (primary N) is 1.